The molecule has 3 N–H and O–H groups in total. The Hall–Kier alpha value is -2.45. The first kappa shape index (κ1) is 17.6. The number of nitrogens with one attached hydrogen (secondary N) is 2. The van der Waals surface area contributed by atoms with Gasteiger partial charge in [0.2, 0.25) is 0 Å². The Balaban J connectivity index is 3.14. The van der Waals surface area contributed by atoms with Crippen molar-refractivity contribution in [1.82, 2.24) is 10.6 Å². The maximum atomic E-state index is 13.0. The zero-order valence-electron chi connectivity index (χ0n) is 11.9. The lowest BCUT2D eigenvalue weighted by atomic mass is 10.0. The number of hydrogen-bond donors (Lipinski definition) is 3. The minimum Gasteiger partial charge on any atom is -0.504 e. The largest absolute Gasteiger partial charge is 0.504 e. The van der Waals surface area contributed by atoms with Gasteiger partial charge >= 0.3 is 12.2 Å². The van der Waals surface area contributed by atoms with E-state index in [-0.39, 0.29) is 6.54 Å². The van der Waals surface area contributed by atoms with Crippen LogP contribution < -0.4 is 15.4 Å². The SMILES string of the molecule is CCCNC(=O)NC(=O)c1cc(O)c(OC)cc1C(F)(F)F. The summed E-state index contributed by atoms with van der Waals surface area (Å²) in [6.07, 6.45) is -4.26. The zero-order chi connectivity index (χ0) is 16.9. The molecule has 1 aromatic carbocycles. The van der Waals surface area contributed by atoms with Gasteiger partial charge in [-0.25, -0.2) is 4.79 Å². The number of amides is 3. The molecule has 0 fully saturated rings. The van der Waals surface area contributed by atoms with Gasteiger partial charge in [0.05, 0.1) is 18.2 Å². The fraction of sp³-hybridized carbons (Fsp3) is 0.385. The number of phenolic OH excluding ortho intramolecular Hbond substituents is 1. The average Bonchev–Trinajstić information content (AvgIpc) is 2.43. The summed E-state index contributed by atoms with van der Waals surface area (Å²) in [4.78, 5) is 23.2. The molecule has 0 aromatic heterocycles. The van der Waals surface area contributed by atoms with Gasteiger partial charge in [0, 0.05) is 6.54 Å². The normalized spacial score (nSPS) is 11.0. The first-order valence-electron chi connectivity index (χ1n) is 6.28. The van der Waals surface area contributed by atoms with Gasteiger partial charge in [0.1, 0.15) is 0 Å². The van der Waals surface area contributed by atoms with Gasteiger partial charge in [-0.15, -0.1) is 0 Å². The number of imide groups is 1. The Morgan fingerprint density at radius 1 is 1.32 bits per heavy atom. The molecule has 0 saturated carbocycles. The number of carbonyl (C=O) groups is 2. The number of phenols is 1. The van der Waals surface area contributed by atoms with Gasteiger partial charge in [-0.05, 0) is 18.6 Å². The molecule has 0 unspecified atom stereocenters. The van der Waals surface area contributed by atoms with Crippen LogP contribution in [0.15, 0.2) is 12.1 Å². The highest BCUT2D eigenvalue weighted by Gasteiger charge is 2.37. The van der Waals surface area contributed by atoms with Crippen LogP contribution in [0, 0.1) is 0 Å². The predicted octanol–water partition coefficient (Wildman–Crippen LogP) is 2.27. The summed E-state index contributed by atoms with van der Waals surface area (Å²) in [6.45, 7) is 2.03. The first-order valence-corrected chi connectivity index (χ1v) is 6.28. The lowest BCUT2D eigenvalue weighted by Crippen LogP contribution is -2.40. The third-order valence-electron chi connectivity index (χ3n) is 2.63. The maximum absolute atomic E-state index is 13.0. The summed E-state index contributed by atoms with van der Waals surface area (Å²) in [7, 11) is 1.08. The highest BCUT2D eigenvalue weighted by atomic mass is 19.4. The Morgan fingerprint density at radius 3 is 2.45 bits per heavy atom. The van der Waals surface area contributed by atoms with E-state index in [9.17, 15) is 27.9 Å². The fourth-order valence-electron chi connectivity index (χ4n) is 1.61. The van der Waals surface area contributed by atoms with Crippen molar-refractivity contribution in [3.05, 3.63) is 23.3 Å². The number of rotatable bonds is 4. The van der Waals surface area contributed by atoms with E-state index in [2.05, 4.69) is 10.1 Å². The van der Waals surface area contributed by atoms with Gasteiger partial charge < -0.3 is 15.2 Å². The Morgan fingerprint density at radius 2 is 1.95 bits per heavy atom. The van der Waals surface area contributed by atoms with Gasteiger partial charge in [-0.1, -0.05) is 6.92 Å². The molecule has 1 aromatic rings. The Labute approximate surface area is 124 Å². The molecule has 0 atom stereocenters. The topological polar surface area (TPSA) is 87.7 Å². The van der Waals surface area contributed by atoms with Gasteiger partial charge in [-0.2, -0.15) is 13.2 Å². The molecule has 0 heterocycles. The van der Waals surface area contributed by atoms with Crippen molar-refractivity contribution in [2.75, 3.05) is 13.7 Å². The van der Waals surface area contributed by atoms with Crippen LogP contribution in [0.5, 0.6) is 11.5 Å². The second kappa shape index (κ2) is 7.01. The van der Waals surface area contributed by atoms with E-state index >= 15 is 0 Å². The molecule has 0 aliphatic rings. The van der Waals surface area contributed by atoms with Crippen LogP contribution in [-0.4, -0.2) is 30.7 Å². The first-order chi connectivity index (χ1) is 10.2. The molecule has 0 saturated heterocycles. The number of halogens is 3. The zero-order valence-corrected chi connectivity index (χ0v) is 11.9. The predicted molar refractivity (Wildman–Crippen MR) is 70.8 cm³/mol. The second-order valence-corrected chi connectivity index (χ2v) is 4.28. The molecule has 122 valence electrons. The molecule has 0 aliphatic heterocycles. The molecule has 0 aliphatic carbocycles. The Bertz CT molecular complexity index is 573. The van der Waals surface area contributed by atoms with E-state index in [1.807, 2.05) is 0 Å². The molecular weight excluding hydrogens is 305 g/mol. The van der Waals surface area contributed by atoms with Crippen molar-refractivity contribution in [1.29, 1.82) is 0 Å². The van der Waals surface area contributed by atoms with E-state index in [0.717, 1.165) is 7.11 Å². The van der Waals surface area contributed by atoms with Crippen LogP contribution in [0.4, 0.5) is 18.0 Å². The highest BCUT2D eigenvalue weighted by molar-refractivity contribution is 6.05. The van der Waals surface area contributed by atoms with Crippen molar-refractivity contribution in [2.24, 2.45) is 0 Å². The molecule has 9 heteroatoms. The summed E-state index contributed by atoms with van der Waals surface area (Å²) in [6, 6.07) is 0.174. The van der Waals surface area contributed by atoms with E-state index in [0.29, 0.717) is 18.6 Å². The van der Waals surface area contributed by atoms with Crippen LogP contribution in [0.3, 0.4) is 0 Å². The molecule has 0 spiro atoms. The van der Waals surface area contributed by atoms with Crippen LogP contribution >= 0.6 is 0 Å². The van der Waals surface area contributed by atoms with Crippen molar-refractivity contribution >= 4 is 11.9 Å². The number of urea groups is 1. The summed E-state index contributed by atoms with van der Waals surface area (Å²) >= 11 is 0. The van der Waals surface area contributed by atoms with E-state index in [1.165, 1.54) is 0 Å². The summed E-state index contributed by atoms with van der Waals surface area (Å²) in [5.41, 5.74) is -2.19. The van der Waals surface area contributed by atoms with Gasteiger partial charge in [-0.3, -0.25) is 10.1 Å². The number of benzene rings is 1. The van der Waals surface area contributed by atoms with Gasteiger partial charge in [0.15, 0.2) is 11.5 Å². The van der Waals surface area contributed by atoms with Crippen LogP contribution in [0.25, 0.3) is 0 Å². The van der Waals surface area contributed by atoms with Crippen molar-refractivity contribution in [2.45, 2.75) is 19.5 Å². The number of alkyl halides is 3. The molecule has 6 nitrogen and oxygen atoms in total. The Kier molecular flexibility index (Phi) is 5.61. The monoisotopic (exact) mass is 320 g/mol. The summed E-state index contributed by atoms with van der Waals surface area (Å²) in [5, 5.41) is 13.6. The van der Waals surface area contributed by atoms with Crippen LogP contribution in [0.1, 0.15) is 29.3 Å². The number of carbonyl (C=O) groups excluding carboxylic acids is 2. The smallest absolute Gasteiger partial charge is 0.417 e. The molecule has 22 heavy (non-hydrogen) atoms. The number of aromatic hydroxyl groups is 1. The molecule has 0 radical (unpaired) electrons. The minimum atomic E-state index is -4.85. The molecule has 1 rings (SSSR count). The van der Waals surface area contributed by atoms with Crippen molar-refractivity contribution in [3.63, 3.8) is 0 Å². The molecule has 0 bridgehead atoms. The van der Waals surface area contributed by atoms with E-state index < -0.39 is 40.7 Å². The van der Waals surface area contributed by atoms with E-state index in [4.69, 9.17) is 0 Å². The quantitative estimate of drug-likeness (QED) is 0.794. The summed E-state index contributed by atoms with van der Waals surface area (Å²) < 4.78 is 43.5. The third-order valence-corrected chi connectivity index (χ3v) is 2.63. The third kappa shape index (κ3) is 4.27. The highest BCUT2D eigenvalue weighted by Crippen LogP contribution is 2.38. The van der Waals surface area contributed by atoms with Gasteiger partial charge in [0.25, 0.3) is 5.91 Å². The summed E-state index contributed by atoms with van der Waals surface area (Å²) in [5.74, 6) is -2.35. The number of ether oxygens (including phenoxy) is 1. The number of methoxy groups -OCH3 is 1. The lowest BCUT2D eigenvalue weighted by Gasteiger charge is -2.15. The fourth-order valence-corrected chi connectivity index (χ4v) is 1.61. The second-order valence-electron chi connectivity index (χ2n) is 4.28. The van der Waals surface area contributed by atoms with E-state index in [1.54, 1.807) is 12.2 Å². The molecule has 3 amide bonds. The van der Waals surface area contributed by atoms with Crippen molar-refractivity contribution < 1.29 is 32.6 Å². The van der Waals surface area contributed by atoms with Crippen LogP contribution in [0.2, 0.25) is 0 Å². The lowest BCUT2D eigenvalue weighted by molar-refractivity contribution is -0.138. The van der Waals surface area contributed by atoms with Crippen molar-refractivity contribution in [3.8, 4) is 11.5 Å². The maximum Gasteiger partial charge on any atom is 0.417 e. The minimum absolute atomic E-state index is 0.263. The average molecular weight is 320 g/mol. The standard InChI is InChI=1S/C13H15F3N2O4/c1-3-4-17-12(21)18-11(20)7-5-9(19)10(22-2)6-8(7)13(14,15)16/h5-6,19H,3-4H2,1-2H3,(H2,17,18,20,21). The molecular formula is C13H15F3N2O4. The number of hydrogen-bond acceptors (Lipinski definition) is 4. The van der Waals surface area contributed by atoms with Crippen LogP contribution in [-0.2, 0) is 6.18 Å².